The van der Waals surface area contributed by atoms with Gasteiger partial charge in [-0.05, 0) is 90.6 Å². The molecule has 35 heavy (non-hydrogen) atoms. The predicted molar refractivity (Wildman–Crippen MR) is 129 cm³/mol. The van der Waals surface area contributed by atoms with Crippen LogP contribution >= 0.6 is 15.9 Å². The van der Waals surface area contributed by atoms with E-state index in [9.17, 15) is 18.0 Å². The maximum absolute atomic E-state index is 14.0. The zero-order valence-corrected chi connectivity index (χ0v) is 20.9. The molecule has 1 aromatic carbocycles. The minimum Gasteiger partial charge on any atom is -0.348 e. The molecule has 4 fully saturated rings. The van der Waals surface area contributed by atoms with Crippen molar-refractivity contribution in [2.75, 3.05) is 0 Å². The van der Waals surface area contributed by atoms with Gasteiger partial charge in [0.1, 0.15) is 0 Å². The van der Waals surface area contributed by atoms with Crippen molar-refractivity contribution in [3.63, 3.8) is 0 Å². The third-order valence-electron chi connectivity index (χ3n) is 8.46. The number of benzene rings is 1. The summed E-state index contributed by atoms with van der Waals surface area (Å²) in [5.41, 5.74) is -0.299. The van der Waals surface area contributed by atoms with Gasteiger partial charge in [0, 0.05) is 11.6 Å². The Labute approximate surface area is 209 Å². The molecule has 1 N–H and O–H groups in total. The summed E-state index contributed by atoms with van der Waals surface area (Å²) in [6, 6.07) is 9.56. The summed E-state index contributed by atoms with van der Waals surface area (Å²) in [5.74, 6) is 1.73. The standard InChI is InChI=1S/C26H26BrF3N4O/c1-14(25-11-15-7-16(12-25)9-17(8-15)13-25)31-24(35)22-21(27)23-32-19(18-5-3-2-4-6-18)10-20(26(28,29)30)34(23)33-22/h2-6,10,14-17H,7-9,11-13H2,1H3,(H,31,35)/t14-,15?,16?,17?,25?/m1/s1. The van der Waals surface area contributed by atoms with Gasteiger partial charge in [0.2, 0.25) is 0 Å². The van der Waals surface area contributed by atoms with Crippen LogP contribution in [0.1, 0.15) is 61.6 Å². The Kier molecular flexibility index (Phi) is 5.29. The molecule has 7 rings (SSSR count). The molecule has 1 amide bonds. The Balaban J connectivity index is 1.35. The van der Waals surface area contributed by atoms with Gasteiger partial charge in [-0.25, -0.2) is 9.50 Å². The normalized spacial score (nSPS) is 28.4. The third kappa shape index (κ3) is 3.86. The summed E-state index contributed by atoms with van der Waals surface area (Å²) in [6.07, 6.45) is 2.58. The smallest absolute Gasteiger partial charge is 0.348 e. The average Bonchev–Trinajstić information content (AvgIpc) is 3.14. The lowest BCUT2D eigenvalue weighted by atomic mass is 9.48. The maximum Gasteiger partial charge on any atom is 0.433 e. The van der Waals surface area contributed by atoms with E-state index < -0.39 is 17.8 Å². The number of rotatable bonds is 4. The number of nitrogens with one attached hydrogen (secondary N) is 1. The predicted octanol–water partition coefficient (Wildman–Crippen LogP) is 6.51. The van der Waals surface area contributed by atoms with Crippen LogP contribution in [-0.2, 0) is 6.18 Å². The molecule has 0 aliphatic heterocycles. The van der Waals surface area contributed by atoms with Crippen LogP contribution in [-0.4, -0.2) is 26.5 Å². The zero-order valence-electron chi connectivity index (χ0n) is 19.3. The summed E-state index contributed by atoms with van der Waals surface area (Å²) in [4.78, 5) is 17.8. The van der Waals surface area contributed by atoms with Crippen LogP contribution in [0.4, 0.5) is 13.2 Å². The highest BCUT2D eigenvalue weighted by molar-refractivity contribution is 9.10. The second-order valence-electron chi connectivity index (χ2n) is 10.8. The molecule has 5 nitrogen and oxygen atoms in total. The first-order valence-electron chi connectivity index (χ1n) is 12.2. The highest BCUT2D eigenvalue weighted by Crippen LogP contribution is 2.61. The summed E-state index contributed by atoms with van der Waals surface area (Å²) >= 11 is 3.34. The number of amides is 1. The van der Waals surface area contributed by atoms with E-state index in [0.717, 1.165) is 47.6 Å². The van der Waals surface area contributed by atoms with Crippen LogP contribution in [0.25, 0.3) is 16.9 Å². The van der Waals surface area contributed by atoms with Crippen molar-refractivity contribution >= 4 is 27.5 Å². The van der Waals surface area contributed by atoms with Gasteiger partial charge < -0.3 is 5.32 Å². The van der Waals surface area contributed by atoms with E-state index in [-0.39, 0.29) is 33.0 Å². The minimum atomic E-state index is -4.67. The fourth-order valence-electron chi connectivity index (χ4n) is 7.22. The molecule has 4 bridgehead atoms. The van der Waals surface area contributed by atoms with Crippen molar-refractivity contribution in [2.45, 2.75) is 57.7 Å². The molecule has 9 heteroatoms. The molecule has 1 atom stereocenters. The van der Waals surface area contributed by atoms with Gasteiger partial charge >= 0.3 is 6.18 Å². The first-order chi connectivity index (χ1) is 16.6. The molecule has 4 saturated carbocycles. The summed E-state index contributed by atoms with van der Waals surface area (Å²) < 4.78 is 42.8. The van der Waals surface area contributed by atoms with E-state index >= 15 is 0 Å². The SMILES string of the molecule is C[C@@H](NC(=O)c1nn2c(C(F)(F)F)cc(-c3ccccc3)nc2c1Br)C12CC3CC(CC(C3)C1)C2. The zero-order chi connectivity index (χ0) is 24.5. The highest BCUT2D eigenvalue weighted by Gasteiger charge is 2.53. The Hall–Kier alpha value is -2.42. The van der Waals surface area contributed by atoms with Crippen LogP contribution in [0.15, 0.2) is 40.9 Å². The topological polar surface area (TPSA) is 59.3 Å². The molecule has 0 unspecified atom stereocenters. The van der Waals surface area contributed by atoms with E-state index in [1.807, 2.05) is 6.92 Å². The summed E-state index contributed by atoms with van der Waals surface area (Å²) in [6.45, 7) is 2.04. The average molecular weight is 547 g/mol. The fraction of sp³-hybridized carbons (Fsp3) is 0.500. The lowest BCUT2D eigenvalue weighted by Gasteiger charge is -2.59. The Morgan fingerprint density at radius 2 is 1.71 bits per heavy atom. The number of aromatic nitrogens is 3. The first kappa shape index (κ1) is 23.0. The first-order valence-corrected chi connectivity index (χ1v) is 12.9. The number of halogens is 4. The third-order valence-corrected chi connectivity index (χ3v) is 9.19. The molecule has 0 saturated heterocycles. The van der Waals surface area contributed by atoms with E-state index in [0.29, 0.717) is 5.56 Å². The second-order valence-corrected chi connectivity index (χ2v) is 11.6. The molecule has 184 valence electrons. The molecule has 4 aliphatic rings. The van der Waals surface area contributed by atoms with Crippen LogP contribution in [0, 0.1) is 23.2 Å². The Bertz CT molecular complexity index is 1270. The number of alkyl halides is 3. The Morgan fingerprint density at radius 1 is 1.11 bits per heavy atom. The van der Waals surface area contributed by atoms with Gasteiger partial charge in [-0.2, -0.15) is 18.3 Å². The van der Waals surface area contributed by atoms with E-state index in [1.54, 1.807) is 30.3 Å². The minimum absolute atomic E-state index is 0.0358. The van der Waals surface area contributed by atoms with Gasteiger partial charge in [0.25, 0.3) is 5.91 Å². The number of hydrogen-bond acceptors (Lipinski definition) is 3. The van der Waals surface area contributed by atoms with E-state index in [1.165, 1.54) is 19.3 Å². The quantitative estimate of drug-likeness (QED) is 0.405. The van der Waals surface area contributed by atoms with E-state index in [4.69, 9.17) is 0 Å². The largest absolute Gasteiger partial charge is 0.433 e. The van der Waals surface area contributed by atoms with E-state index in [2.05, 4.69) is 31.3 Å². The Morgan fingerprint density at radius 3 is 2.29 bits per heavy atom. The van der Waals surface area contributed by atoms with Gasteiger partial charge in [-0.3, -0.25) is 4.79 Å². The molecule has 0 radical (unpaired) electrons. The van der Waals surface area contributed by atoms with Gasteiger partial charge in [0.05, 0.1) is 10.2 Å². The molecule has 2 aromatic heterocycles. The molecule has 2 heterocycles. The second kappa shape index (κ2) is 8.05. The van der Waals surface area contributed by atoms with Gasteiger partial charge in [-0.1, -0.05) is 30.3 Å². The molecular weight excluding hydrogens is 521 g/mol. The fourth-order valence-corrected chi connectivity index (χ4v) is 7.74. The number of carbonyl (C=O) groups excluding carboxylic acids is 1. The molecule has 3 aromatic rings. The number of fused-ring (bicyclic) bond motifs is 1. The van der Waals surface area contributed by atoms with Crippen molar-refractivity contribution in [3.8, 4) is 11.3 Å². The van der Waals surface area contributed by atoms with Crippen molar-refractivity contribution in [2.24, 2.45) is 23.2 Å². The van der Waals surface area contributed by atoms with Gasteiger partial charge in [0.15, 0.2) is 17.0 Å². The van der Waals surface area contributed by atoms with Gasteiger partial charge in [-0.15, -0.1) is 0 Å². The number of nitrogens with zero attached hydrogens (tertiary/aromatic N) is 3. The number of carbonyl (C=O) groups is 1. The summed E-state index contributed by atoms with van der Waals surface area (Å²) in [5, 5.41) is 7.19. The molecular formula is C26H26BrF3N4O. The lowest BCUT2D eigenvalue weighted by molar-refractivity contribution is -0.142. The van der Waals surface area contributed by atoms with Crippen molar-refractivity contribution in [1.29, 1.82) is 0 Å². The lowest BCUT2D eigenvalue weighted by Crippen LogP contribution is -2.55. The van der Waals surface area contributed by atoms with Crippen molar-refractivity contribution in [3.05, 3.63) is 52.3 Å². The van der Waals surface area contributed by atoms with Crippen LogP contribution in [0.2, 0.25) is 0 Å². The maximum atomic E-state index is 14.0. The van der Waals surface area contributed by atoms with Crippen molar-refractivity contribution < 1.29 is 18.0 Å². The van der Waals surface area contributed by atoms with Crippen LogP contribution in [0.3, 0.4) is 0 Å². The van der Waals surface area contributed by atoms with Crippen LogP contribution < -0.4 is 5.32 Å². The highest BCUT2D eigenvalue weighted by atomic mass is 79.9. The summed E-state index contributed by atoms with van der Waals surface area (Å²) in [7, 11) is 0. The van der Waals surface area contributed by atoms with Crippen LogP contribution in [0.5, 0.6) is 0 Å². The van der Waals surface area contributed by atoms with Crippen molar-refractivity contribution in [1.82, 2.24) is 19.9 Å². The number of hydrogen-bond donors (Lipinski definition) is 1. The monoisotopic (exact) mass is 546 g/mol. The molecule has 4 aliphatic carbocycles. The molecule has 0 spiro atoms.